The van der Waals surface area contributed by atoms with Crippen LogP contribution in [0.3, 0.4) is 0 Å². The molecule has 3 aromatic carbocycles. The zero-order valence-corrected chi connectivity index (χ0v) is 15.7. The third-order valence-electron chi connectivity index (χ3n) is 4.72. The van der Waals surface area contributed by atoms with Crippen LogP contribution in [0.25, 0.3) is 22.4 Å². The van der Waals surface area contributed by atoms with E-state index in [-0.39, 0.29) is 12.3 Å². The van der Waals surface area contributed by atoms with E-state index in [1.165, 1.54) is 5.56 Å². The van der Waals surface area contributed by atoms with Gasteiger partial charge in [0.05, 0.1) is 6.20 Å². The molecule has 0 aliphatic carbocycles. The maximum atomic E-state index is 12.6. The van der Waals surface area contributed by atoms with E-state index in [0.29, 0.717) is 5.56 Å². The van der Waals surface area contributed by atoms with E-state index in [1.54, 1.807) is 6.33 Å². The Hall–Kier alpha value is -3.59. The second-order valence-corrected chi connectivity index (χ2v) is 6.85. The minimum atomic E-state index is 0.0646. The highest BCUT2D eigenvalue weighted by atomic mass is 16.1. The van der Waals surface area contributed by atoms with Crippen molar-refractivity contribution in [1.29, 1.82) is 0 Å². The zero-order chi connectivity index (χ0) is 19.3. The van der Waals surface area contributed by atoms with Crippen LogP contribution in [0.15, 0.2) is 97.5 Å². The van der Waals surface area contributed by atoms with Crippen LogP contribution < -0.4 is 4.57 Å². The van der Waals surface area contributed by atoms with Gasteiger partial charge in [-0.05, 0) is 29.1 Å². The van der Waals surface area contributed by atoms with Gasteiger partial charge in [-0.1, -0.05) is 78.4 Å². The molecule has 0 fully saturated rings. The molecular formula is C25H21N2O+. The first kappa shape index (κ1) is 17.8. The molecule has 0 saturated carbocycles. The van der Waals surface area contributed by atoms with Crippen molar-refractivity contribution in [2.24, 2.45) is 0 Å². The molecule has 4 aromatic rings. The maximum absolute atomic E-state index is 12.6. The summed E-state index contributed by atoms with van der Waals surface area (Å²) >= 11 is 0. The lowest BCUT2D eigenvalue weighted by molar-refractivity contribution is -0.686. The molecule has 136 valence electrons. The number of hydrogen-bond donors (Lipinski definition) is 0. The molecule has 0 bridgehead atoms. The summed E-state index contributed by atoms with van der Waals surface area (Å²) in [5, 5.41) is 0. The van der Waals surface area contributed by atoms with Gasteiger partial charge in [-0.25, -0.2) is 4.57 Å². The standard InChI is InChI=1S/C25H21N2O/c1-19-6-5-9-23(16-19)24-14-15-27(18-26-24)17-25(28)22-12-10-21(11-13-22)20-7-3-2-4-8-20/h2-16,18H,17H2,1H3/q+1. The molecule has 0 radical (unpaired) electrons. The molecule has 0 aliphatic heterocycles. The molecule has 1 aromatic heterocycles. The highest BCUT2D eigenvalue weighted by Gasteiger charge is 2.12. The van der Waals surface area contributed by atoms with Crippen molar-refractivity contribution in [1.82, 2.24) is 4.98 Å². The lowest BCUT2D eigenvalue weighted by Crippen LogP contribution is -2.37. The lowest BCUT2D eigenvalue weighted by Gasteiger charge is -2.04. The van der Waals surface area contributed by atoms with Crippen molar-refractivity contribution in [2.75, 3.05) is 0 Å². The molecule has 0 amide bonds. The van der Waals surface area contributed by atoms with E-state index in [0.717, 1.165) is 22.4 Å². The summed E-state index contributed by atoms with van der Waals surface area (Å²) < 4.78 is 1.81. The molecule has 0 aliphatic rings. The molecule has 4 rings (SSSR count). The largest absolute Gasteiger partial charge is 0.290 e. The summed E-state index contributed by atoms with van der Waals surface area (Å²) in [7, 11) is 0. The van der Waals surface area contributed by atoms with Crippen LogP contribution in [0.5, 0.6) is 0 Å². The Kier molecular flexibility index (Phi) is 5.07. The van der Waals surface area contributed by atoms with E-state index in [2.05, 4.69) is 36.2 Å². The summed E-state index contributed by atoms with van der Waals surface area (Å²) in [4.78, 5) is 17.1. The Bertz CT molecular complexity index is 1090. The first-order chi connectivity index (χ1) is 13.7. The van der Waals surface area contributed by atoms with E-state index in [9.17, 15) is 4.79 Å². The molecule has 3 heteroatoms. The van der Waals surface area contributed by atoms with Gasteiger partial charge in [-0.3, -0.25) is 4.79 Å². The van der Waals surface area contributed by atoms with Crippen molar-refractivity contribution in [3.05, 3.63) is 109 Å². The first-order valence-electron chi connectivity index (χ1n) is 9.30. The summed E-state index contributed by atoms with van der Waals surface area (Å²) in [5.74, 6) is 0.0646. The minimum absolute atomic E-state index is 0.0646. The van der Waals surface area contributed by atoms with Crippen LogP contribution in [0.4, 0.5) is 0 Å². The topological polar surface area (TPSA) is 33.8 Å². The van der Waals surface area contributed by atoms with E-state index in [1.807, 2.05) is 71.4 Å². The van der Waals surface area contributed by atoms with Gasteiger partial charge in [0, 0.05) is 17.2 Å². The summed E-state index contributed by atoms with van der Waals surface area (Å²) in [6.07, 6.45) is 3.62. The van der Waals surface area contributed by atoms with Gasteiger partial charge in [-0.15, -0.1) is 0 Å². The zero-order valence-electron chi connectivity index (χ0n) is 15.7. The Labute approximate surface area is 165 Å². The van der Waals surface area contributed by atoms with Gasteiger partial charge in [0.15, 0.2) is 12.2 Å². The predicted octanol–water partition coefficient (Wildman–Crippen LogP) is 4.89. The number of rotatable bonds is 5. The second kappa shape index (κ2) is 7.97. The minimum Gasteiger partial charge on any atom is -0.290 e. The average molecular weight is 365 g/mol. The van der Waals surface area contributed by atoms with Crippen molar-refractivity contribution in [2.45, 2.75) is 13.5 Å². The molecule has 0 saturated heterocycles. The fourth-order valence-corrected chi connectivity index (χ4v) is 3.19. The third-order valence-corrected chi connectivity index (χ3v) is 4.72. The van der Waals surface area contributed by atoms with Gasteiger partial charge in [-0.2, -0.15) is 0 Å². The normalized spacial score (nSPS) is 10.6. The molecule has 0 atom stereocenters. The molecule has 0 N–H and O–H groups in total. The summed E-state index contributed by atoms with van der Waals surface area (Å²) in [5.41, 5.74) is 6.13. The van der Waals surface area contributed by atoms with E-state index in [4.69, 9.17) is 0 Å². The molecule has 0 unspecified atom stereocenters. The molecule has 0 spiro atoms. The lowest BCUT2D eigenvalue weighted by atomic mass is 10.0. The fourth-order valence-electron chi connectivity index (χ4n) is 3.19. The van der Waals surface area contributed by atoms with Crippen LogP contribution >= 0.6 is 0 Å². The van der Waals surface area contributed by atoms with Gasteiger partial charge in [0.1, 0.15) is 0 Å². The van der Waals surface area contributed by atoms with Crippen molar-refractivity contribution >= 4 is 5.78 Å². The Morgan fingerprint density at radius 3 is 2.21 bits per heavy atom. The molecule has 3 nitrogen and oxygen atoms in total. The van der Waals surface area contributed by atoms with Crippen LogP contribution in [0.1, 0.15) is 15.9 Å². The van der Waals surface area contributed by atoms with Crippen molar-refractivity contribution in [3.63, 3.8) is 0 Å². The number of benzene rings is 3. The molecule has 1 heterocycles. The van der Waals surface area contributed by atoms with Gasteiger partial charge < -0.3 is 0 Å². The molecule has 28 heavy (non-hydrogen) atoms. The number of Topliss-reactive ketones (excluding diaryl/α,β-unsaturated/α-hetero) is 1. The Morgan fingerprint density at radius 2 is 1.54 bits per heavy atom. The van der Waals surface area contributed by atoms with Gasteiger partial charge >= 0.3 is 0 Å². The van der Waals surface area contributed by atoms with Crippen LogP contribution in [-0.2, 0) is 6.54 Å². The van der Waals surface area contributed by atoms with E-state index >= 15 is 0 Å². The highest BCUT2D eigenvalue weighted by molar-refractivity contribution is 5.95. The third kappa shape index (κ3) is 4.04. The fraction of sp³-hybridized carbons (Fsp3) is 0.0800. The summed E-state index contributed by atoms with van der Waals surface area (Å²) in [6, 6.07) is 28.1. The number of hydrogen-bond acceptors (Lipinski definition) is 2. The molecular weight excluding hydrogens is 344 g/mol. The van der Waals surface area contributed by atoms with Crippen molar-refractivity contribution < 1.29 is 9.36 Å². The van der Waals surface area contributed by atoms with Crippen LogP contribution in [0, 0.1) is 6.92 Å². The van der Waals surface area contributed by atoms with E-state index < -0.39 is 0 Å². The SMILES string of the molecule is Cc1cccc(-c2cc[n+](CC(=O)c3ccc(-c4ccccc4)cc3)cn2)c1. The number of aromatic nitrogens is 2. The number of aryl methyl sites for hydroxylation is 1. The first-order valence-corrected chi connectivity index (χ1v) is 9.30. The predicted molar refractivity (Wildman–Crippen MR) is 111 cm³/mol. The Balaban J connectivity index is 1.46. The summed E-state index contributed by atoms with van der Waals surface area (Å²) in [6.45, 7) is 2.33. The second-order valence-electron chi connectivity index (χ2n) is 6.85. The number of carbonyl (C=O) groups is 1. The smallest absolute Gasteiger partial charge is 0.287 e. The quantitative estimate of drug-likeness (QED) is 0.372. The maximum Gasteiger partial charge on any atom is 0.287 e. The Morgan fingerprint density at radius 1 is 0.821 bits per heavy atom. The number of carbonyl (C=O) groups excluding carboxylic acids is 1. The average Bonchev–Trinajstić information content (AvgIpc) is 2.75. The number of ketones is 1. The van der Waals surface area contributed by atoms with Crippen LogP contribution in [0.2, 0.25) is 0 Å². The highest BCUT2D eigenvalue weighted by Crippen LogP contribution is 2.19. The van der Waals surface area contributed by atoms with Crippen molar-refractivity contribution in [3.8, 4) is 22.4 Å². The van der Waals surface area contributed by atoms with Crippen LogP contribution in [-0.4, -0.2) is 10.8 Å². The monoisotopic (exact) mass is 365 g/mol. The van der Waals surface area contributed by atoms with Gasteiger partial charge in [0.25, 0.3) is 6.33 Å². The van der Waals surface area contributed by atoms with Gasteiger partial charge in [0.2, 0.25) is 5.78 Å². The number of nitrogens with zero attached hydrogens (tertiary/aromatic N) is 2.